The molecule has 4 aromatic rings. The van der Waals surface area contributed by atoms with E-state index in [4.69, 9.17) is 4.74 Å². The smallest absolute Gasteiger partial charge is 0.266 e. The molecule has 3 N–H and O–H groups in total. The molecule has 2 aromatic heterocycles. The maximum Gasteiger partial charge on any atom is 0.266 e. The van der Waals surface area contributed by atoms with E-state index in [0.29, 0.717) is 29.4 Å². The molecule has 0 saturated carbocycles. The quantitative estimate of drug-likeness (QED) is 0.472. The number of aromatic amines is 1. The van der Waals surface area contributed by atoms with Gasteiger partial charge < -0.3 is 20.1 Å². The summed E-state index contributed by atoms with van der Waals surface area (Å²) in [6.07, 6.45) is 1.41. The van der Waals surface area contributed by atoms with Gasteiger partial charge in [-0.3, -0.25) is 9.59 Å². The number of aromatic hydroxyl groups is 1. The van der Waals surface area contributed by atoms with Crippen molar-refractivity contribution in [2.45, 2.75) is 13.8 Å². The van der Waals surface area contributed by atoms with E-state index in [0.717, 1.165) is 5.56 Å². The predicted molar refractivity (Wildman–Crippen MR) is 114 cm³/mol. The Hall–Kier alpha value is -4.07. The van der Waals surface area contributed by atoms with Gasteiger partial charge >= 0.3 is 0 Å². The first-order valence-corrected chi connectivity index (χ1v) is 9.42. The number of ether oxygens (including phenoxy) is 1. The summed E-state index contributed by atoms with van der Waals surface area (Å²) in [6, 6.07) is 14.4. The number of aryl methyl sites for hydroxylation is 1. The van der Waals surface area contributed by atoms with E-state index in [1.165, 1.54) is 10.9 Å². The molecule has 2 aromatic carbocycles. The van der Waals surface area contributed by atoms with Crippen LogP contribution in [0.3, 0.4) is 0 Å². The van der Waals surface area contributed by atoms with Gasteiger partial charge in [-0.05, 0) is 38.1 Å². The van der Waals surface area contributed by atoms with Gasteiger partial charge in [-0.15, -0.1) is 0 Å². The van der Waals surface area contributed by atoms with Gasteiger partial charge in [-0.1, -0.05) is 29.8 Å². The average Bonchev–Trinajstić information content (AvgIpc) is 3.14. The molecule has 1 amide bonds. The lowest BCUT2D eigenvalue weighted by atomic mass is 10.1. The molecule has 0 saturated heterocycles. The number of H-pyrrole nitrogens is 1. The molecule has 152 valence electrons. The van der Waals surface area contributed by atoms with Gasteiger partial charge in [-0.25, -0.2) is 4.68 Å². The average molecular weight is 404 g/mol. The second kappa shape index (κ2) is 7.75. The number of anilines is 1. The Morgan fingerprint density at radius 3 is 2.67 bits per heavy atom. The predicted octanol–water partition coefficient (Wildman–Crippen LogP) is 3.38. The summed E-state index contributed by atoms with van der Waals surface area (Å²) in [6.45, 7) is 4.21. The lowest BCUT2D eigenvalue weighted by molar-refractivity contribution is 0.102. The summed E-state index contributed by atoms with van der Waals surface area (Å²) < 4.78 is 6.99. The minimum absolute atomic E-state index is 0.262. The number of fused-ring (bicyclic) bond motifs is 1. The number of hydrogen-bond donors (Lipinski definition) is 3. The van der Waals surface area contributed by atoms with Crippen molar-refractivity contribution in [2.75, 3.05) is 11.9 Å². The molecule has 0 spiro atoms. The molecule has 8 heteroatoms. The van der Waals surface area contributed by atoms with E-state index in [-0.39, 0.29) is 5.39 Å². The summed E-state index contributed by atoms with van der Waals surface area (Å²) in [7, 11) is 0. The van der Waals surface area contributed by atoms with E-state index in [9.17, 15) is 14.7 Å². The zero-order valence-electron chi connectivity index (χ0n) is 16.5. The third kappa shape index (κ3) is 3.39. The lowest BCUT2D eigenvalue weighted by Gasteiger charge is -2.12. The van der Waals surface area contributed by atoms with E-state index < -0.39 is 22.8 Å². The molecule has 0 bridgehead atoms. The minimum Gasteiger partial charge on any atom is -0.506 e. The molecule has 4 rings (SSSR count). The third-order valence-electron chi connectivity index (χ3n) is 4.66. The molecule has 0 aliphatic carbocycles. The molecule has 0 aliphatic rings. The topological polar surface area (TPSA) is 109 Å². The van der Waals surface area contributed by atoms with E-state index in [2.05, 4.69) is 15.4 Å². The maximum atomic E-state index is 12.8. The largest absolute Gasteiger partial charge is 0.506 e. The van der Waals surface area contributed by atoms with Gasteiger partial charge in [0.15, 0.2) is 0 Å². The Kier molecular flexibility index (Phi) is 4.97. The number of para-hydroxylation sites is 2. The van der Waals surface area contributed by atoms with Gasteiger partial charge in [0, 0.05) is 0 Å². The van der Waals surface area contributed by atoms with Crippen LogP contribution in [-0.2, 0) is 0 Å². The molecule has 8 nitrogen and oxygen atoms in total. The number of aromatic nitrogens is 3. The van der Waals surface area contributed by atoms with Gasteiger partial charge in [0.1, 0.15) is 22.7 Å². The first-order chi connectivity index (χ1) is 14.5. The molecule has 2 heterocycles. The second-order valence-corrected chi connectivity index (χ2v) is 6.72. The number of hydrogen-bond acceptors (Lipinski definition) is 5. The molecule has 0 radical (unpaired) electrons. The minimum atomic E-state index is -0.745. The molecule has 0 unspecified atom stereocenters. The highest BCUT2D eigenvalue weighted by Crippen LogP contribution is 2.29. The van der Waals surface area contributed by atoms with Crippen LogP contribution in [0.4, 0.5) is 5.69 Å². The number of pyridine rings is 1. The van der Waals surface area contributed by atoms with Crippen LogP contribution in [0, 0.1) is 6.92 Å². The van der Waals surface area contributed by atoms with Crippen LogP contribution in [-0.4, -0.2) is 32.4 Å². The second-order valence-electron chi connectivity index (χ2n) is 6.72. The van der Waals surface area contributed by atoms with Crippen molar-refractivity contribution in [3.8, 4) is 17.2 Å². The zero-order valence-corrected chi connectivity index (χ0v) is 16.5. The Labute approximate surface area is 171 Å². The summed E-state index contributed by atoms with van der Waals surface area (Å²) in [5.41, 5.74) is 1.38. The fourth-order valence-electron chi connectivity index (χ4n) is 3.18. The van der Waals surface area contributed by atoms with Crippen molar-refractivity contribution < 1.29 is 14.6 Å². The molecule has 30 heavy (non-hydrogen) atoms. The first kappa shape index (κ1) is 19.3. The normalized spacial score (nSPS) is 10.9. The summed E-state index contributed by atoms with van der Waals surface area (Å²) in [4.78, 5) is 28.1. The highest BCUT2D eigenvalue weighted by Gasteiger charge is 2.22. The number of nitrogens with zero attached hydrogens (tertiary/aromatic N) is 2. The van der Waals surface area contributed by atoms with Crippen molar-refractivity contribution in [3.05, 3.63) is 76.2 Å². The maximum absolute atomic E-state index is 12.8. The fraction of sp³-hybridized carbons (Fsp3) is 0.136. The van der Waals surface area contributed by atoms with Crippen molar-refractivity contribution in [1.29, 1.82) is 0 Å². The highest BCUT2D eigenvalue weighted by molar-refractivity contribution is 6.09. The Morgan fingerprint density at radius 1 is 1.20 bits per heavy atom. The number of rotatable bonds is 5. The van der Waals surface area contributed by atoms with Crippen molar-refractivity contribution in [2.24, 2.45) is 0 Å². The Bertz CT molecular complexity index is 1290. The van der Waals surface area contributed by atoms with Crippen LogP contribution >= 0.6 is 0 Å². The molecular formula is C22H20N4O4. The number of nitrogens with one attached hydrogen (secondary N) is 2. The van der Waals surface area contributed by atoms with Crippen LogP contribution in [0.1, 0.15) is 22.8 Å². The van der Waals surface area contributed by atoms with Crippen LogP contribution in [0.15, 0.2) is 59.5 Å². The van der Waals surface area contributed by atoms with Crippen molar-refractivity contribution in [1.82, 2.24) is 14.8 Å². The summed E-state index contributed by atoms with van der Waals surface area (Å²) >= 11 is 0. The van der Waals surface area contributed by atoms with Crippen molar-refractivity contribution in [3.63, 3.8) is 0 Å². The number of carbonyl (C=O) groups excluding carboxylic acids is 1. The van der Waals surface area contributed by atoms with Crippen LogP contribution in [0.5, 0.6) is 11.5 Å². The molecule has 0 aliphatic heterocycles. The number of benzene rings is 2. The first-order valence-electron chi connectivity index (χ1n) is 9.42. The van der Waals surface area contributed by atoms with Gasteiger partial charge in [-0.2, -0.15) is 5.10 Å². The van der Waals surface area contributed by atoms with Gasteiger partial charge in [0.25, 0.3) is 11.5 Å². The lowest BCUT2D eigenvalue weighted by Crippen LogP contribution is -2.24. The van der Waals surface area contributed by atoms with Crippen molar-refractivity contribution >= 4 is 22.6 Å². The standard InChI is InChI=1S/C22H20N4O4/c1-3-30-17-7-5-4-6-16(17)24-21(28)18-19(27)15-12-23-26(20(15)25-22(18)29)14-10-8-13(2)9-11-14/h4-12H,3H2,1-2H3,(H,24,28)(H2,25,27,29). The van der Waals surface area contributed by atoms with Gasteiger partial charge in [0.2, 0.25) is 0 Å². The Morgan fingerprint density at radius 2 is 1.93 bits per heavy atom. The van der Waals surface area contributed by atoms with Crippen LogP contribution < -0.4 is 15.6 Å². The van der Waals surface area contributed by atoms with E-state index in [1.807, 2.05) is 38.1 Å². The fourth-order valence-corrected chi connectivity index (χ4v) is 3.18. The zero-order chi connectivity index (χ0) is 21.3. The van der Waals surface area contributed by atoms with Crippen LogP contribution in [0.25, 0.3) is 16.7 Å². The third-order valence-corrected chi connectivity index (χ3v) is 4.66. The van der Waals surface area contributed by atoms with Gasteiger partial charge in [0.05, 0.1) is 29.6 Å². The SMILES string of the molecule is CCOc1ccccc1NC(=O)c1c(O)c2cnn(-c3ccc(C)cc3)c2[nH]c1=O. The Balaban J connectivity index is 1.75. The number of amides is 1. The highest BCUT2D eigenvalue weighted by atomic mass is 16.5. The summed E-state index contributed by atoms with van der Waals surface area (Å²) in [5, 5.41) is 17.8. The monoisotopic (exact) mass is 404 g/mol. The molecule has 0 fully saturated rings. The number of carbonyl (C=O) groups is 1. The van der Waals surface area contributed by atoms with E-state index in [1.54, 1.807) is 24.3 Å². The summed E-state index contributed by atoms with van der Waals surface area (Å²) in [5.74, 6) is -0.707. The van der Waals surface area contributed by atoms with E-state index >= 15 is 0 Å². The molecule has 0 atom stereocenters. The molecular weight excluding hydrogens is 384 g/mol. The van der Waals surface area contributed by atoms with Crippen LogP contribution in [0.2, 0.25) is 0 Å².